The van der Waals surface area contributed by atoms with E-state index in [-0.39, 0.29) is 6.04 Å². The summed E-state index contributed by atoms with van der Waals surface area (Å²) in [4.78, 5) is 26.6. The van der Waals surface area contributed by atoms with Crippen molar-refractivity contribution in [1.29, 1.82) is 0 Å². The van der Waals surface area contributed by atoms with Crippen molar-refractivity contribution in [2.75, 3.05) is 13.7 Å². The molecule has 0 bridgehead atoms. The van der Waals surface area contributed by atoms with Gasteiger partial charge in [-0.1, -0.05) is 30.3 Å². The lowest BCUT2D eigenvalue weighted by molar-refractivity contribution is -0.142. The highest BCUT2D eigenvalue weighted by Gasteiger charge is 2.56. The number of hydrogen-bond acceptors (Lipinski definition) is 7. The van der Waals surface area contributed by atoms with E-state index < -0.39 is 30.4 Å². The second-order valence-corrected chi connectivity index (χ2v) is 6.81. The Balaban J connectivity index is 1.57. The van der Waals surface area contributed by atoms with Crippen LogP contribution in [0.5, 0.6) is 11.5 Å². The summed E-state index contributed by atoms with van der Waals surface area (Å²) in [6.07, 6.45) is -1.93. The minimum Gasteiger partial charge on any atom is -0.497 e. The molecule has 2 aromatic carbocycles. The summed E-state index contributed by atoms with van der Waals surface area (Å²) in [5.74, 6) is 0.573. The maximum Gasteiger partial charge on any atom is 0.509 e. The number of nitrogens with zero attached hydrogens (tertiary/aromatic N) is 1. The third kappa shape index (κ3) is 3.41. The molecule has 7 heteroatoms. The highest BCUT2D eigenvalue weighted by molar-refractivity contribution is 5.81. The number of hydrogen-bond donors (Lipinski definition) is 0. The van der Waals surface area contributed by atoms with Crippen molar-refractivity contribution in [2.45, 2.75) is 31.2 Å². The molecular formula is C21H21NO6. The van der Waals surface area contributed by atoms with Gasteiger partial charge in [-0.3, -0.25) is 4.90 Å². The van der Waals surface area contributed by atoms with Gasteiger partial charge >= 0.3 is 12.1 Å². The van der Waals surface area contributed by atoms with Crippen molar-refractivity contribution >= 4 is 12.1 Å². The lowest BCUT2D eigenvalue weighted by atomic mass is 10.1. The van der Waals surface area contributed by atoms with Crippen LogP contribution < -0.4 is 9.47 Å². The largest absolute Gasteiger partial charge is 0.509 e. The number of likely N-dealkylation sites (tertiary alicyclic amines) is 1. The van der Waals surface area contributed by atoms with Gasteiger partial charge in [0.25, 0.3) is 0 Å². The van der Waals surface area contributed by atoms with Gasteiger partial charge in [0.1, 0.15) is 11.5 Å². The van der Waals surface area contributed by atoms with Gasteiger partial charge in [0.2, 0.25) is 0 Å². The van der Waals surface area contributed by atoms with Crippen LogP contribution in [-0.4, -0.2) is 48.9 Å². The first-order valence-corrected chi connectivity index (χ1v) is 9.10. The van der Waals surface area contributed by atoms with Crippen molar-refractivity contribution in [3.05, 3.63) is 60.2 Å². The summed E-state index contributed by atoms with van der Waals surface area (Å²) < 4.78 is 21.2. The lowest BCUT2D eigenvalue weighted by Gasteiger charge is -2.30. The lowest BCUT2D eigenvalue weighted by Crippen LogP contribution is -2.46. The normalized spacial score (nSPS) is 24.8. The Hall–Kier alpha value is -3.06. The van der Waals surface area contributed by atoms with Gasteiger partial charge in [-0.2, -0.15) is 0 Å². The van der Waals surface area contributed by atoms with Gasteiger partial charge in [0.05, 0.1) is 7.11 Å². The topological polar surface area (TPSA) is 74.3 Å². The molecule has 0 amide bonds. The quantitative estimate of drug-likeness (QED) is 0.580. The van der Waals surface area contributed by atoms with Crippen molar-refractivity contribution in [2.24, 2.45) is 0 Å². The Morgan fingerprint density at radius 3 is 2.43 bits per heavy atom. The number of esters is 1. The van der Waals surface area contributed by atoms with E-state index >= 15 is 0 Å². The summed E-state index contributed by atoms with van der Waals surface area (Å²) in [5.41, 5.74) is 1.05. The van der Waals surface area contributed by atoms with Gasteiger partial charge in [0, 0.05) is 12.6 Å². The molecule has 2 aliphatic heterocycles. The van der Waals surface area contributed by atoms with Crippen LogP contribution in [-0.2, 0) is 14.3 Å². The molecule has 0 unspecified atom stereocenters. The SMILES string of the molecule is COc1ccc(OC(=O)[C@@H]2[C@@H]3OC(=O)O[C@@H]3CN2[C@@H](C)c2ccccc2)cc1. The number of carbonyl (C=O) groups excluding carboxylic acids is 2. The Morgan fingerprint density at radius 2 is 1.75 bits per heavy atom. The van der Waals surface area contributed by atoms with Crippen LogP contribution in [0.4, 0.5) is 4.79 Å². The van der Waals surface area contributed by atoms with E-state index in [0.29, 0.717) is 18.0 Å². The number of methoxy groups -OCH3 is 1. The van der Waals surface area contributed by atoms with E-state index in [1.165, 1.54) is 0 Å². The number of carbonyl (C=O) groups is 2. The number of rotatable bonds is 5. The molecule has 4 atom stereocenters. The summed E-state index contributed by atoms with van der Waals surface area (Å²) in [6, 6.07) is 15.7. The van der Waals surface area contributed by atoms with Crippen LogP contribution >= 0.6 is 0 Å². The molecule has 7 nitrogen and oxygen atoms in total. The Morgan fingerprint density at radius 1 is 1.07 bits per heavy atom. The van der Waals surface area contributed by atoms with Crippen LogP contribution in [0.15, 0.2) is 54.6 Å². The maximum absolute atomic E-state index is 13.0. The van der Waals surface area contributed by atoms with Crippen LogP contribution in [0.3, 0.4) is 0 Å². The molecule has 146 valence electrons. The molecular weight excluding hydrogens is 362 g/mol. The van der Waals surface area contributed by atoms with E-state index in [0.717, 1.165) is 5.56 Å². The molecule has 0 aromatic heterocycles. The monoisotopic (exact) mass is 383 g/mol. The zero-order valence-corrected chi connectivity index (χ0v) is 15.6. The van der Waals surface area contributed by atoms with Crippen molar-refractivity contribution in [3.63, 3.8) is 0 Å². The van der Waals surface area contributed by atoms with Crippen LogP contribution in [0.2, 0.25) is 0 Å². The maximum atomic E-state index is 13.0. The second-order valence-electron chi connectivity index (χ2n) is 6.81. The zero-order chi connectivity index (χ0) is 19.7. The summed E-state index contributed by atoms with van der Waals surface area (Å²) >= 11 is 0. The van der Waals surface area contributed by atoms with Gasteiger partial charge < -0.3 is 18.9 Å². The number of fused-ring (bicyclic) bond motifs is 1. The van der Waals surface area contributed by atoms with Crippen LogP contribution in [0.25, 0.3) is 0 Å². The molecule has 0 saturated carbocycles. The first-order valence-electron chi connectivity index (χ1n) is 9.10. The van der Waals surface area contributed by atoms with Crippen LogP contribution in [0, 0.1) is 0 Å². The molecule has 0 N–H and O–H groups in total. The fraction of sp³-hybridized carbons (Fsp3) is 0.333. The predicted molar refractivity (Wildman–Crippen MR) is 99.1 cm³/mol. The molecule has 2 aromatic rings. The third-order valence-corrected chi connectivity index (χ3v) is 5.20. The molecule has 0 radical (unpaired) electrons. The van der Waals surface area contributed by atoms with Crippen molar-refractivity contribution < 1.29 is 28.5 Å². The second kappa shape index (κ2) is 7.52. The van der Waals surface area contributed by atoms with E-state index in [9.17, 15) is 9.59 Å². The van der Waals surface area contributed by atoms with Crippen LogP contribution in [0.1, 0.15) is 18.5 Å². The third-order valence-electron chi connectivity index (χ3n) is 5.20. The minimum atomic E-state index is -0.756. The van der Waals surface area contributed by atoms with Gasteiger partial charge in [0.15, 0.2) is 18.2 Å². The molecule has 2 heterocycles. The summed E-state index contributed by atoms with van der Waals surface area (Å²) in [5, 5.41) is 0. The average molecular weight is 383 g/mol. The highest BCUT2D eigenvalue weighted by atomic mass is 16.8. The smallest absolute Gasteiger partial charge is 0.497 e. The van der Waals surface area contributed by atoms with E-state index in [2.05, 4.69) is 0 Å². The summed E-state index contributed by atoms with van der Waals surface area (Å²) in [7, 11) is 1.57. The van der Waals surface area contributed by atoms with E-state index in [1.54, 1.807) is 31.4 Å². The van der Waals surface area contributed by atoms with Gasteiger partial charge in [-0.05, 0) is 36.8 Å². The summed E-state index contributed by atoms with van der Waals surface area (Å²) in [6.45, 7) is 2.40. The minimum absolute atomic E-state index is 0.0810. The van der Waals surface area contributed by atoms with Gasteiger partial charge in [-0.25, -0.2) is 9.59 Å². The molecule has 4 rings (SSSR count). The van der Waals surface area contributed by atoms with Crippen molar-refractivity contribution in [1.82, 2.24) is 4.90 Å². The predicted octanol–water partition coefficient (Wildman–Crippen LogP) is 2.95. The molecule has 0 aliphatic carbocycles. The molecule has 2 fully saturated rings. The average Bonchev–Trinajstić information content (AvgIpc) is 3.24. The molecule has 2 aliphatic rings. The Labute approximate surface area is 162 Å². The van der Waals surface area contributed by atoms with Crippen molar-refractivity contribution in [3.8, 4) is 11.5 Å². The highest BCUT2D eigenvalue weighted by Crippen LogP contribution is 2.36. The Bertz CT molecular complexity index is 853. The Kier molecular flexibility index (Phi) is 4.92. The fourth-order valence-electron chi connectivity index (χ4n) is 3.74. The standard InChI is InChI=1S/C21H21NO6/c1-13(14-6-4-3-5-7-14)22-12-17-19(28-21(24)27-17)18(22)20(23)26-16-10-8-15(25-2)9-11-16/h3-11,13,17-19H,12H2,1-2H3/t13-,17+,18-,19+/m0/s1. The molecule has 0 spiro atoms. The molecule has 28 heavy (non-hydrogen) atoms. The van der Waals surface area contributed by atoms with Gasteiger partial charge in [-0.15, -0.1) is 0 Å². The van der Waals surface area contributed by atoms with E-state index in [4.69, 9.17) is 18.9 Å². The zero-order valence-electron chi connectivity index (χ0n) is 15.6. The molecule has 2 saturated heterocycles. The first-order chi connectivity index (χ1) is 13.6. The number of benzene rings is 2. The first kappa shape index (κ1) is 18.3. The fourth-order valence-corrected chi connectivity index (χ4v) is 3.74. The number of ether oxygens (including phenoxy) is 4. The van der Waals surface area contributed by atoms with E-state index in [1.807, 2.05) is 42.2 Å².